The summed E-state index contributed by atoms with van der Waals surface area (Å²) >= 11 is 1.65. The van der Waals surface area contributed by atoms with Gasteiger partial charge in [-0.1, -0.05) is 42.5 Å². The molecule has 0 heterocycles. The summed E-state index contributed by atoms with van der Waals surface area (Å²) in [6.45, 7) is 1.96. The lowest BCUT2D eigenvalue weighted by Crippen LogP contribution is -2.13. The quantitative estimate of drug-likeness (QED) is 0.665. The van der Waals surface area contributed by atoms with Gasteiger partial charge in [-0.05, 0) is 24.6 Å². The van der Waals surface area contributed by atoms with Crippen molar-refractivity contribution < 1.29 is 4.79 Å². The molecule has 2 aromatic carbocycles. The molecular weight excluding hydrogens is 254 g/mol. The maximum Gasteiger partial charge on any atom is 0.175 e. The number of thioether (sulfide) groups is 1. The lowest BCUT2D eigenvalue weighted by Gasteiger charge is -2.10. The Morgan fingerprint density at radius 2 is 1.74 bits per heavy atom. The average Bonchev–Trinajstić information content (AvgIpc) is 2.46. The van der Waals surface area contributed by atoms with E-state index >= 15 is 0 Å². The predicted octanol–water partition coefficient (Wildman–Crippen LogP) is 3.77. The van der Waals surface area contributed by atoms with Crippen molar-refractivity contribution in [2.45, 2.75) is 17.9 Å². The zero-order chi connectivity index (χ0) is 13.7. The van der Waals surface area contributed by atoms with Crippen LogP contribution in [0.15, 0.2) is 54.6 Å². The Kier molecular flexibility index (Phi) is 4.63. The van der Waals surface area contributed by atoms with Crippen molar-refractivity contribution in [2.75, 3.05) is 5.73 Å². The molecule has 0 radical (unpaired) electrons. The first kappa shape index (κ1) is 13.7. The minimum Gasteiger partial charge on any atom is -0.399 e. The maximum atomic E-state index is 12.2. The third-order valence-corrected chi connectivity index (χ3v) is 4.12. The molecule has 98 valence electrons. The van der Waals surface area contributed by atoms with Crippen molar-refractivity contribution in [1.29, 1.82) is 0 Å². The predicted molar refractivity (Wildman–Crippen MR) is 82.4 cm³/mol. The highest BCUT2D eigenvalue weighted by molar-refractivity contribution is 7.99. The molecule has 2 nitrogen and oxygen atoms in total. The monoisotopic (exact) mass is 271 g/mol. The number of rotatable bonds is 5. The van der Waals surface area contributed by atoms with E-state index in [0.29, 0.717) is 0 Å². The van der Waals surface area contributed by atoms with Crippen molar-refractivity contribution in [2.24, 2.45) is 0 Å². The number of anilines is 1. The molecule has 2 rings (SSSR count). The normalized spacial score (nSPS) is 12.1. The number of hydrogen-bond donors (Lipinski definition) is 1. The minimum atomic E-state index is -0.0417. The highest BCUT2D eigenvalue weighted by Gasteiger charge is 2.15. The van der Waals surface area contributed by atoms with Gasteiger partial charge in [-0.2, -0.15) is 0 Å². The maximum absolute atomic E-state index is 12.2. The van der Waals surface area contributed by atoms with Gasteiger partial charge in [0.1, 0.15) is 0 Å². The van der Waals surface area contributed by atoms with Crippen molar-refractivity contribution in [3.63, 3.8) is 0 Å². The van der Waals surface area contributed by atoms with Crippen LogP contribution in [0.3, 0.4) is 0 Å². The molecule has 19 heavy (non-hydrogen) atoms. The van der Waals surface area contributed by atoms with Crippen molar-refractivity contribution in [3.05, 3.63) is 65.7 Å². The summed E-state index contributed by atoms with van der Waals surface area (Å²) in [4.78, 5) is 12.2. The van der Waals surface area contributed by atoms with Crippen molar-refractivity contribution in [3.8, 4) is 0 Å². The van der Waals surface area contributed by atoms with E-state index in [0.717, 1.165) is 17.0 Å². The van der Waals surface area contributed by atoms with E-state index in [2.05, 4.69) is 0 Å². The summed E-state index contributed by atoms with van der Waals surface area (Å²) in [5.41, 5.74) is 8.38. The van der Waals surface area contributed by atoms with Gasteiger partial charge < -0.3 is 5.73 Å². The summed E-state index contributed by atoms with van der Waals surface area (Å²) in [5, 5.41) is -0.0417. The van der Waals surface area contributed by atoms with Crippen LogP contribution in [0.5, 0.6) is 0 Å². The number of carbonyl (C=O) groups excluding carboxylic acids is 1. The second kappa shape index (κ2) is 6.43. The van der Waals surface area contributed by atoms with E-state index in [1.165, 1.54) is 5.56 Å². The first-order chi connectivity index (χ1) is 9.16. The minimum absolute atomic E-state index is 0.0417. The summed E-state index contributed by atoms with van der Waals surface area (Å²) in [6, 6.07) is 17.2. The van der Waals surface area contributed by atoms with Crippen LogP contribution in [-0.4, -0.2) is 11.0 Å². The van der Waals surface area contributed by atoms with Crippen LogP contribution >= 0.6 is 11.8 Å². The molecule has 2 aromatic rings. The number of benzene rings is 2. The van der Waals surface area contributed by atoms with Gasteiger partial charge in [-0.25, -0.2) is 0 Å². The van der Waals surface area contributed by atoms with Gasteiger partial charge >= 0.3 is 0 Å². The Morgan fingerprint density at radius 3 is 2.37 bits per heavy atom. The van der Waals surface area contributed by atoms with E-state index in [-0.39, 0.29) is 11.0 Å². The van der Waals surface area contributed by atoms with E-state index in [9.17, 15) is 4.79 Å². The Morgan fingerprint density at radius 1 is 1.11 bits per heavy atom. The van der Waals surface area contributed by atoms with Crippen LogP contribution in [0.2, 0.25) is 0 Å². The standard InChI is InChI=1S/C16H17NOS/c1-12(16(18)14-5-3-2-4-6-14)19-11-13-7-9-15(17)10-8-13/h2-10,12H,11,17H2,1H3. The fraction of sp³-hybridized carbons (Fsp3) is 0.188. The largest absolute Gasteiger partial charge is 0.399 e. The lowest BCUT2D eigenvalue weighted by molar-refractivity contribution is 0.0994. The van der Waals surface area contributed by atoms with E-state index in [1.54, 1.807) is 11.8 Å². The topological polar surface area (TPSA) is 43.1 Å². The fourth-order valence-corrected chi connectivity index (χ4v) is 2.67. The zero-order valence-corrected chi connectivity index (χ0v) is 11.7. The van der Waals surface area contributed by atoms with Crippen molar-refractivity contribution in [1.82, 2.24) is 0 Å². The highest BCUT2D eigenvalue weighted by Crippen LogP contribution is 2.21. The smallest absolute Gasteiger partial charge is 0.175 e. The third kappa shape index (κ3) is 3.86. The fourth-order valence-electron chi connectivity index (χ4n) is 1.75. The Labute approximate surface area is 118 Å². The second-order valence-electron chi connectivity index (χ2n) is 4.43. The Balaban J connectivity index is 1.92. The van der Waals surface area contributed by atoms with Crippen LogP contribution in [0.1, 0.15) is 22.8 Å². The van der Waals surface area contributed by atoms with Crippen LogP contribution in [-0.2, 0) is 5.75 Å². The summed E-state index contributed by atoms with van der Waals surface area (Å²) < 4.78 is 0. The molecular formula is C16H17NOS. The number of nitrogens with two attached hydrogens (primary N) is 1. The molecule has 1 atom stereocenters. The lowest BCUT2D eigenvalue weighted by atomic mass is 10.1. The SMILES string of the molecule is CC(SCc1ccc(N)cc1)C(=O)c1ccccc1. The Hall–Kier alpha value is -1.74. The number of Topliss-reactive ketones (excluding diaryl/α,β-unsaturated/α-hetero) is 1. The number of nitrogen functional groups attached to an aromatic ring is 1. The molecule has 0 aliphatic rings. The van der Waals surface area contributed by atoms with Gasteiger partial charge in [0.2, 0.25) is 0 Å². The molecule has 0 saturated heterocycles. The van der Waals surface area contributed by atoms with Gasteiger partial charge in [0, 0.05) is 17.0 Å². The Bertz CT molecular complexity index is 536. The summed E-state index contributed by atoms with van der Waals surface area (Å²) in [5.74, 6) is 1.00. The molecule has 1 unspecified atom stereocenters. The molecule has 0 amide bonds. The first-order valence-electron chi connectivity index (χ1n) is 6.22. The molecule has 0 aliphatic heterocycles. The van der Waals surface area contributed by atoms with Crippen molar-refractivity contribution >= 4 is 23.2 Å². The molecule has 3 heteroatoms. The zero-order valence-electron chi connectivity index (χ0n) is 10.9. The average molecular weight is 271 g/mol. The molecule has 0 aliphatic carbocycles. The number of carbonyl (C=O) groups is 1. The van der Waals surface area contributed by atoms with Gasteiger partial charge in [0.25, 0.3) is 0 Å². The molecule has 0 saturated carbocycles. The van der Waals surface area contributed by atoms with Gasteiger partial charge in [-0.3, -0.25) is 4.79 Å². The first-order valence-corrected chi connectivity index (χ1v) is 7.27. The molecule has 0 bridgehead atoms. The van der Waals surface area contributed by atoms with E-state index in [1.807, 2.05) is 61.5 Å². The van der Waals surface area contributed by atoms with Crippen LogP contribution in [0.25, 0.3) is 0 Å². The highest BCUT2D eigenvalue weighted by atomic mass is 32.2. The molecule has 0 spiro atoms. The number of hydrogen-bond acceptors (Lipinski definition) is 3. The third-order valence-electron chi connectivity index (χ3n) is 2.91. The summed E-state index contributed by atoms with van der Waals surface area (Å²) in [6.07, 6.45) is 0. The van der Waals surface area contributed by atoms with E-state index < -0.39 is 0 Å². The summed E-state index contributed by atoms with van der Waals surface area (Å²) in [7, 11) is 0. The van der Waals surface area contributed by atoms with Gasteiger partial charge in [-0.15, -0.1) is 11.8 Å². The number of ketones is 1. The van der Waals surface area contributed by atoms with Crippen LogP contribution in [0.4, 0.5) is 5.69 Å². The molecule has 2 N–H and O–H groups in total. The van der Waals surface area contributed by atoms with E-state index in [4.69, 9.17) is 5.73 Å². The molecule has 0 aromatic heterocycles. The molecule has 0 fully saturated rings. The van der Waals surface area contributed by atoms with Crippen LogP contribution < -0.4 is 5.73 Å². The second-order valence-corrected chi connectivity index (χ2v) is 5.75. The van der Waals surface area contributed by atoms with Gasteiger partial charge in [0.15, 0.2) is 5.78 Å². The van der Waals surface area contributed by atoms with Gasteiger partial charge in [0.05, 0.1) is 5.25 Å². The van der Waals surface area contributed by atoms with Crippen LogP contribution in [0, 0.1) is 0 Å².